The lowest BCUT2D eigenvalue weighted by Gasteiger charge is -2.30. The number of nitrogen functional groups attached to an aromatic ring is 1. The van der Waals surface area contributed by atoms with Crippen molar-refractivity contribution in [2.75, 3.05) is 42.3 Å². The van der Waals surface area contributed by atoms with Gasteiger partial charge < -0.3 is 31.0 Å². The van der Waals surface area contributed by atoms with Crippen molar-refractivity contribution in [2.45, 2.75) is 6.92 Å². The lowest BCUT2D eigenvalue weighted by molar-refractivity contribution is 0.0999. The summed E-state index contributed by atoms with van der Waals surface area (Å²) in [5.74, 6) is -0.351. The zero-order chi connectivity index (χ0) is 22.8. The molecule has 3 aromatic rings. The first-order valence-electron chi connectivity index (χ1n) is 10.3. The predicted octanol–water partition coefficient (Wildman–Crippen LogP) is 2.02. The van der Waals surface area contributed by atoms with Crippen molar-refractivity contribution < 1.29 is 9.53 Å². The van der Waals surface area contributed by atoms with Crippen LogP contribution in [0.5, 0.6) is 0 Å². The van der Waals surface area contributed by atoms with E-state index in [1.807, 2.05) is 18.2 Å². The molecule has 1 saturated heterocycles. The van der Waals surface area contributed by atoms with Crippen LogP contribution in [0.25, 0.3) is 11.3 Å². The van der Waals surface area contributed by atoms with Crippen molar-refractivity contribution in [1.82, 2.24) is 9.55 Å². The fourth-order valence-corrected chi connectivity index (χ4v) is 3.86. The van der Waals surface area contributed by atoms with E-state index >= 15 is 0 Å². The molecule has 2 heterocycles. The van der Waals surface area contributed by atoms with Gasteiger partial charge in [0.15, 0.2) is 5.82 Å². The van der Waals surface area contributed by atoms with Gasteiger partial charge in [-0.25, -0.2) is 4.98 Å². The van der Waals surface area contributed by atoms with Gasteiger partial charge in [-0.1, -0.05) is 12.1 Å². The maximum Gasteiger partial charge on any atom is 0.293 e. The minimum Gasteiger partial charge on any atom is -0.397 e. The van der Waals surface area contributed by atoms with Crippen molar-refractivity contribution in [3.63, 3.8) is 0 Å². The highest BCUT2D eigenvalue weighted by Crippen LogP contribution is 2.29. The molecule has 0 atom stereocenters. The molecule has 4 rings (SSSR count). The number of primary amides is 1. The van der Waals surface area contributed by atoms with Crippen molar-refractivity contribution in [3.05, 3.63) is 64.1 Å². The molecular weight excluding hydrogens is 408 g/mol. The molecular formula is C23H26N6O3. The number of hydrogen-bond donors (Lipinski definition) is 3. The Morgan fingerprint density at radius 2 is 1.94 bits per heavy atom. The molecule has 0 radical (unpaired) electrons. The van der Waals surface area contributed by atoms with Crippen LogP contribution in [0.4, 0.5) is 22.9 Å². The minimum absolute atomic E-state index is 0.160. The van der Waals surface area contributed by atoms with Crippen LogP contribution in [0.1, 0.15) is 15.9 Å². The van der Waals surface area contributed by atoms with Crippen molar-refractivity contribution in [2.24, 2.45) is 12.8 Å². The second kappa shape index (κ2) is 8.72. The van der Waals surface area contributed by atoms with Crippen LogP contribution in [0.15, 0.2) is 47.4 Å². The molecule has 0 spiro atoms. The Morgan fingerprint density at radius 1 is 1.19 bits per heavy atom. The summed E-state index contributed by atoms with van der Waals surface area (Å²) in [5, 5.41) is 3.09. The number of nitrogens with two attached hydrogens (primary N) is 2. The highest BCUT2D eigenvalue weighted by atomic mass is 16.5. The van der Waals surface area contributed by atoms with Gasteiger partial charge in [-0.15, -0.1) is 0 Å². The number of morpholine rings is 1. The van der Waals surface area contributed by atoms with Gasteiger partial charge in [0.05, 0.1) is 30.3 Å². The second-order valence-electron chi connectivity index (χ2n) is 7.73. The van der Waals surface area contributed by atoms with Gasteiger partial charge in [0.2, 0.25) is 5.91 Å². The molecule has 1 aliphatic rings. The van der Waals surface area contributed by atoms with E-state index in [4.69, 9.17) is 16.2 Å². The van der Waals surface area contributed by atoms with Gasteiger partial charge in [-0.3, -0.25) is 9.59 Å². The molecule has 2 aromatic carbocycles. The lowest BCUT2D eigenvalue weighted by Crippen LogP contribution is -2.36. The van der Waals surface area contributed by atoms with E-state index in [9.17, 15) is 9.59 Å². The summed E-state index contributed by atoms with van der Waals surface area (Å²) in [6, 6.07) is 10.8. The number of hydrogen-bond acceptors (Lipinski definition) is 7. The third kappa shape index (κ3) is 4.15. The Bertz CT molecular complexity index is 1230. The van der Waals surface area contributed by atoms with Crippen molar-refractivity contribution in [3.8, 4) is 11.3 Å². The van der Waals surface area contributed by atoms with Gasteiger partial charge >= 0.3 is 0 Å². The number of amides is 1. The zero-order valence-corrected chi connectivity index (χ0v) is 18.1. The fraction of sp³-hybridized carbons (Fsp3) is 0.261. The predicted molar refractivity (Wildman–Crippen MR) is 125 cm³/mol. The van der Waals surface area contributed by atoms with E-state index in [0.717, 1.165) is 24.3 Å². The summed E-state index contributed by atoms with van der Waals surface area (Å²) in [7, 11) is 1.65. The van der Waals surface area contributed by atoms with Gasteiger partial charge in [0.25, 0.3) is 5.56 Å². The molecule has 0 bridgehead atoms. The lowest BCUT2D eigenvalue weighted by atomic mass is 10.00. The van der Waals surface area contributed by atoms with Gasteiger partial charge in [0, 0.05) is 43.1 Å². The van der Waals surface area contributed by atoms with Crippen LogP contribution < -0.4 is 27.2 Å². The number of aryl methyl sites for hydroxylation is 1. The number of benzene rings is 2. The average molecular weight is 435 g/mol. The largest absolute Gasteiger partial charge is 0.397 e. The Kier molecular flexibility index (Phi) is 5.83. The third-order valence-electron chi connectivity index (χ3n) is 5.59. The molecule has 0 aliphatic carbocycles. The first-order chi connectivity index (χ1) is 15.3. The fourth-order valence-electron chi connectivity index (χ4n) is 3.86. The number of ether oxygens (including phenoxy) is 1. The number of nitrogens with zero attached hydrogens (tertiary/aromatic N) is 3. The van der Waals surface area contributed by atoms with Crippen molar-refractivity contribution in [1.29, 1.82) is 0 Å². The Morgan fingerprint density at radius 3 is 2.62 bits per heavy atom. The van der Waals surface area contributed by atoms with Gasteiger partial charge in [-0.05, 0) is 36.8 Å². The number of carbonyl (C=O) groups excluding carboxylic acids is 1. The molecule has 166 valence electrons. The Hall–Kier alpha value is -3.85. The Balaban J connectivity index is 1.68. The molecule has 1 aliphatic heterocycles. The third-order valence-corrected chi connectivity index (χ3v) is 5.59. The number of aromatic nitrogens is 2. The van der Waals surface area contributed by atoms with Crippen LogP contribution in [0, 0.1) is 6.92 Å². The highest BCUT2D eigenvalue weighted by molar-refractivity contribution is 5.96. The van der Waals surface area contributed by atoms with E-state index in [2.05, 4.69) is 15.2 Å². The standard InChI is InChI=1S/C23H26N6O3/c1-14-16(4-3-5-17(14)21(25)30)19-13-28(2)23(31)22(27-19)26-15-6-7-20(18(24)12-15)29-8-10-32-11-9-29/h3-7,12-13H,8-11,24H2,1-2H3,(H2,25,30)(H,26,27). The van der Waals surface area contributed by atoms with Gasteiger partial charge in [-0.2, -0.15) is 0 Å². The van der Waals surface area contributed by atoms with Crippen LogP contribution in [-0.4, -0.2) is 41.8 Å². The highest BCUT2D eigenvalue weighted by Gasteiger charge is 2.16. The first-order valence-corrected chi connectivity index (χ1v) is 10.3. The van der Waals surface area contributed by atoms with Crippen LogP contribution in [-0.2, 0) is 11.8 Å². The van der Waals surface area contributed by atoms with E-state index in [-0.39, 0.29) is 11.4 Å². The molecule has 1 aromatic heterocycles. The number of rotatable bonds is 5. The maximum absolute atomic E-state index is 12.7. The number of nitrogens with one attached hydrogen (secondary N) is 1. The molecule has 9 heteroatoms. The monoisotopic (exact) mass is 434 g/mol. The SMILES string of the molecule is Cc1c(C(N)=O)cccc1-c1cn(C)c(=O)c(Nc2ccc(N3CCOCC3)c(N)c2)n1. The first kappa shape index (κ1) is 21.4. The molecule has 5 N–H and O–H groups in total. The molecule has 0 saturated carbocycles. The zero-order valence-electron chi connectivity index (χ0n) is 18.1. The van der Waals surface area contributed by atoms with Gasteiger partial charge in [0.1, 0.15) is 0 Å². The average Bonchev–Trinajstić information content (AvgIpc) is 2.77. The minimum atomic E-state index is -0.511. The molecule has 0 unspecified atom stereocenters. The summed E-state index contributed by atoms with van der Waals surface area (Å²) in [5.41, 5.74) is 16.1. The maximum atomic E-state index is 12.7. The molecule has 32 heavy (non-hydrogen) atoms. The van der Waals surface area contributed by atoms with E-state index < -0.39 is 5.91 Å². The smallest absolute Gasteiger partial charge is 0.293 e. The normalized spacial score (nSPS) is 13.8. The molecule has 9 nitrogen and oxygen atoms in total. The number of carbonyl (C=O) groups is 1. The number of anilines is 4. The van der Waals surface area contributed by atoms with E-state index in [0.29, 0.717) is 41.4 Å². The summed E-state index contributed by atoms with van der Waals surface area (Å²) >= 11 is 0. The Labute approximate surface area is 185 Å². The summed E-state index contributed by atoms with van der Waals surface area (Å²) in [6.07, 6.45) is 1.64. The molecule has 1 fully saturated rings. The topological polar surface area (TPSA) is 128 Å². The summed E-state index contributed by atoms with van der Waals surface area (Å²) < 4.78 is 6.85. The second-order valence-corrected chi connectivity index (χ2v) is 7.73. The van der Waals surface area contributed by atoms with E-state index in [1.165, 1.54) is 4.57 Å². The van der Waals surface area contributed by atoms with Crippen LogP contribution >= 0.6 is 0 Å². The van der Waals surface area contributed by atoms with Crippen molar-refractivity contribution >= 4 is 28.8 Å². The summed E-state index contributed by atoms with van der Waals surface area (Å²) in [4.78, 5) is 31.2. The molecule has 1 amide bonds. The van der Waals surface area contributed by atoms with Crippen LogP contribution in [0.3, 0.4) is 0 Å². The van der Waals surface area contributed by atoms with Crippen LogP contribution in [0.2, 0.25) is 0 Å². The quantitative estimate of drug-likeness (QED) is 0.524. The summed E-state index contributed by atoms with van der Waals surface area (Å²) in [6.45, 7) is 4.71. The van der Waals surface area contributed by atoms with E-state index in [1.54, 1.807) is 38.4 Å².